The van der Waals surface area contributed by atoms with Crippen LogP contribution in [0.4, 0.5) is 5.69 Å². The van der Waals surface area contributed by atoms with Crippen molar-refractivity contribution in [1.82, 2.24) is 4.98 Å². The van der Waals surface area contributed by atoms with Crippen molar-refractivity contribution in [3.05, 3.63) is 87.0 Å². The Labute approximate surface area is 179 Å². The van der Waals surface area contributed by atoms with E-state index in [1.807, 2.05) is 23.6 Å². The lowest BCUT2D eigenvalue weighted by molar-refractivity contribution is 0.0729. The molecule has 4 aromatic rings. The lowest BCUT2D eigenvalue weighted by Crippen LogP contribution is -2.11. The number of rotatable bonds is 5. The second-order valence-electron chi connectivity index (χ2n) is 5.89. The molecule has 0 saturated heterocycles. The highest BCUT2D eigenvalue weighted by Gasteiger charge is 2.15. The van der Waals surface area contributed by atoms with E-state index in [0.29, 0.717) is 26.3 Å². The van der Waals surface area contributed by atoms with Crippen LogP contribution in [-0.4, -0.2) is 16.9 Å². The van der Waals surface area contributed by atoms with Crippen molar-refractivity contribution in [2.24, 2.45) is 0 Å². The number of carbonyl (C=O) groups excluding carboxylic acids is 2. The third kappa shape index (κ3) is 4.71. The molecule has 0 unspecified atom stereocenters. The molecule has 1 amide bonds. The molecule has 0 atom stereocenters. The smallest absolute Gasteiger partial charge is 0.363 e. The van der Waals surface area contributed by atoms with Gasteiger partial charge in [0.1, 0.15) is 10.8 Å². The fraction of sp³-hybridized carbons (Fsp3) is 0. The maximum atomic E-state index is 12.4. The molecule has 1 N–H and O–H groups in total. The van der Waals surface area contributed by atoms with Crippen LogP contribution in [0.1, 0.15) is 20.2 Å². The average molecular weight is 441 g/mol. The van der Waals surface area contributed by atoms with E-state index in [-0.39, 0.29) is 11.6 Å². The molecule has 0 aliphatic rings. The van der Waals surface area contributed by atoms with Crippen molar-refractivity contribution in [1.29, 1.82) is 0 Å². The van der Waals surface area contributed by atoms with E-state index in [2.05, 4.69) is 10.3 Å². The van der Waals surface area contributed by atoms with Crippen LogP contribution >= 0.6 is 34.3 Å². The second-order valence-corrected chi connectivity index (χ2v) is 8.14. The Morgan fingerprint density at radius 3 is 2.55 bits per heavy atom. The highest BCUT2D eigenvalue weighted by Crippen LogP contribution is 2.27. The minimum atomic E-state index is -0.551. The molecule has 8 heteroatoms. The summed E-state index contributed by atoms with van der Waals surface area (Å²) in [7, 11) is 0. The van der Waals surface area contributed by atoms with Gasteiger partial charge in [0.05, 0.1) is 4.88 Å². The molecule has 0 aliphatic heterocycles. The number of carbonyl (C=O) groups is 2. The first-order valence-corrected chi connectivity index (χ1v) is 10.6. The van der Waals surface area contributed by atoms with E-state index in [0.717, 1.165) is 5.56 Å². The molecular formula is C21H13ClN2O3S2. The summed E-state index contributed by atoms with van der Waals surface area (Å²) in [4.78, 5) is 29.4. The van der Waals surface area contributed by atoms with Crippen LogP contribution in [0.15, 0.2) is 71.4 Å². The van der Waals surface area contributed by atoms with Gasteiger partial charge in [0.25, 0.3) is 5.91 Å². The first-order chi connectivity index (χ1) is 14.1. The van der Waals surface area contributed by atoms with Gasteiger partial charge in [-0.3, -0.25) is 4.79 Å². The third-order valence-corrected chi connectivity index (χ3v) is 5.85. The molecule has 29 heavy (non-hydrogen) atoms. The lowest BCUT2D eigenvalue weighted by Gasteiger charge is -2.06. The maximum Gasteiger partial charge on any atom is 0.363 e. The summed E-state index contributed by atoms with van der Waals surface area (Å²) in [6.07, 6.45) is 0. The van der Waals surface area contributed by atoms with Gasteiger partial charge >= 0.3 is 5.97 Å². The molecule has 0 spiro atoms. The van der Waals surface area contributed by atoms with E-state index in [1.165, 1.54) is 22.7 Å². The monoisotopic (exact) mass is 440 g/mol. The molecule has 0 fully saturated rings. The molecule has 0 aliphatic carbocycles. The lowest BCUT2D eigenvalue weighted by atomic mass is 10.2. The molecule has 0 saturated carbocycles. The van der Waals surface area contributed by atoms with Gasteiger partial charge < -0.3 is 10.1 Å². The summed E-state index contributed by atoms with van der Waals surface area (Å²) >= 11 is 8.71. The number of ether oxygens (including phenoxy) is 1. The van der Waals surface area contributed by atoms with Gasteiger partial charge in [-0.1, -0.05) is 29.8 Å². The number of hydrogen-bond donors (Lipinski definition) is 1. The summed E-state index contributed by atoms with van der Waals surface area (Å²) < 4.78 is 5.37. The fourth-order valence-corrected chi connectivity index (χ4v) is 4.08. The van der Waals surface area contributed by atoms with Crippen LogP contribution in [0.3, 0.4) is 0 Å². The van der Waals surface area contributed by atoms with Crippen molar-refractivity contribution in [3.63, 3.8) is 0 Å². The van der Waals surface area contributed by atoms with Gasteiger partial charge in [-0.15, -0.1) is 22.7 Å². The molecule has 0 radical (unpaired) electrons. The predicted molar refractivity (Wildman–Crippen MR) is 116 cm³/mol. The number of aromatic nitrogens is 1. The zero-order valence-electron chi connectivity index (χ0n) is 14.8. The van der Waals surface area contributed by atoms with Gasteiger partial charge in [-0.05, 0) is 47.8 Å². The molecule has 2 aromatic carbocycles. The summed E-state index contributed by atoms with van der Waals surface area (Å²) in [5.74, 6) is -0.368. The van der Waals surface area contributed by atoms with Gasteiger partial charge in [-0.2, -0.15) is 0 Å². The standard InChI is InChI=1S/C21H13ClN2O3S2/c22-14-4-1-3-13(11-14)20-24-17(12-29-20)21(26)27-16-8-6-15(7-9-16)23-19(25)18-5-2-10-28-18/h1-12H,(H,23,25). The minimum Gasteiger partial charge on any atom is -0.422 e. The van der Waals surface area contributed by atoms with Crippen LogP contribution < -0.4 is 10.1 Å². The highest BCUT2D eigenvalue weighted by atomic mass is 35.5. The van der Waals surface area contributed by atoms with Crippen molar-refractivity contribution < 1.29 is 14.3 Å². The highest BCUT2D eigenvalue weighted by molar-refractivity contribution is 7.13. The number of thiophene rings is 1. The summed E-state index contributed by atoms with van der Waals surface area (Å²) in [5.41, 5.74) is 1.67. The van der Waals surface area contributed by atoms with E-state index >= 15 is 0 Å². The number of esters is 1. The SMILES string of the molecule is O=C(Oc1ccc(NC(=O)c2cccs2)cc1)c1csc(-c2cccc(Cl)c2)n1. The zero-order chi connectivity index (χ0) is 20.2. The van der Waals surface area contributed by atoms with Crippen LogP contribution in [0.25, 0.3) is 10.6 Å². The molecule has 0 bridgehead atoms. The van der Waals surface area contributed by atoms with Crippen LogP contribution in [0, 0.1) is 0 Å². The van der Waals surface area contributed by atoms with Gasteiger partial charge in [0.2, 0.25) is 0 Å². The minimum absolute atomic E-state index is 0.180. The van der Waals surface area contributed by atoms with Crippen molar-refractivity contribution in [2.45, 2.75) is 0 Å². The number of thiazole rings is 1. The van der Waals surface area contributed by atoms with Gasteiger partial charge in [0, 0.05) is 21.7 Å². The number of nitrogens with zero attached hydrogens (tertiary/aromatic N) is 1. The molecule has 2 heterocycles. The molecular weight excluding hydrogens is 428 g/mol. The number of nitrogens with one attached hydrogen (secondary N) is 1. The van der Waals surface area contributed by atoms with E-state index in [4.69, 9.17) is 16.3 Å². The van der Waals surface area contributed by atoms with E-state index in [9.17, 15) is 9.59 Å². The third-order valence-electron chi connectivity index (χ3n) is 3.85. The number of hydrogen-bond acceptors (Lipinski definition) is 6. The van der Waals surface area contributed by atoms with Crippen molar-refractivity contribution >= 4 is 51.8 Å². The Hall–Kier alpha value is -3.00. The van der Waals surface area contributed by atoms with Crippen LogP contribution in [-0.2, 0) is 0 Å². The maximum absolute atomic E-state index is 12.4. The second kappa shape index (κ2) is 8.57. The Balaban J connectivity index is 1.40. The number of halogens is 1. The topological polar surface area (TPSA) is 68.3 Å². The van der Waals surface area contributed by atoms with Crippen LogP contribution in [0.5, 0.6) is 5.75 Å². The Morgan fingerprint density at radius 2 is 1.83 bits per heavy atom. The number of benzene rings is 2. The quantitative estimate of drug-likeness (QED) is 0.305. The Kier molecular flexibility index (Phi) is 5.71. The molecule has 4 rings (SSSR count). The van der Waals surface area contributed by atoms with Gasteiger partial charge in [-0.25, -0.2) is 9.78 Å². The Morgan fingerprint density at radius 1 is 1.00 bits per heavy atom. The summed E-state index contributed by atoms with van der Waals surface area (Å²) in [6, 6.07) is 17.4. The summed E-state index contributed by atoms with van der Waals surface area (Å²) in [5, 5.41) is 7.57. The number of amides is 1. The average Bonchev–Trinajstić information content (AvgIpc) is 3.42. The predicted octanol–water partition coefficient (Wildman–Crippen LogP) is 6.00. The normalized spacial score (nSPS) is 10.5. The zero-order valence-corrected chi connectivity index (χ0v) is 17.2. The van der Waals surface area contributed by atoms with Crippen molar-refractivity contribution in [2.75, 3.05) is 5.32 Å². The molecule has 2 aromatic heterocycles. The van der Waals surface area contributed by atoms with Gasteiger partial charge in [0.15, 0.2) is 5.69 Å². The van der Waals surface area contributed by atoms with Crippen molar-refractivity contribution in [3.8, 4) is 16.3 Å². The summed E-state index contributed by atoms with van der Waals surface area (Å²) in [6.45, 7) is 0. The van der Waals surface area contributed by atoms with E-state index in [1.54, 1.807) is 47.8 Å². The fourth-order valence-electron chi connectivity index (χ4n) is 2.49. The first kappa shape index (κ1) is 19.3. The first-order valence-electron chi connectivity index (χ1n) is 8.47. The molecule has 144 valence electrons. The van der Waals surface area contributed by atoms with E-state index < -0.39 is 5.97 Å². The number of anilines is 1. The van der Waals surface area contributed by atoms with Crippen LogP contribution in [0.2, 0.25) is 5.02 Å². The Bertz CT molecular complexity index is 1150. The molecule has 5 nitrogen and oxygen atoms in total. The largest absolute Gasteiger partial charge is 0.422 e.